The van der Waals surface area contributed by atoms with Crippen LogP contribution in [-0.2, 0) is 4.79 Å². The van der Waals surface area contributed by atoms with Gasteiger partial charge in [-0.3, -0.25) is 9.36 Å². The minimum atomic E-state index is 0.273. The molecule has 7 nitrogen and oxygen atoms in total. The molecule has 1 aliphatic heterocycles. The summed E-state index contributed by atoms with van der Waals surface area (Å²) in [6, 6.07) is 1.99. The lowest BCUT2D eigenvalue weighted by molar-refractivity contribution is -0.131. The zero-order valence-corrected chi connectivity index (χ0v) is 15.3. The molecule has 0 saturated carbocycles. The number of nitrogens with zero attached hydrogens (tertiary/aromatic N) is 6. The Hall–Kier alpha value is -2.44. The first-order valence-electron chi connectivity index (χ1n) is 8.96. The van der Waals surface area contributed by atoms with Gasteiger partial charge in [0.05, 0.1) is 5.69 Å². The summed E-state index contributed by atoms with van der Waals surface area (Å²) < 4.78 is 1.98. The number of imidazole rings is 1. The standard InChI is InChI=1S/C18H26N6O/c1-4-5-6-18(25)23-9-7-22(8-10-23)16-11-17(20-12-19-16)24-13-21-14(2)15(24)3/h11-13H,4-10H2,1-3H3. The van der Waals surface area contributed by atoms with Gasteiger partial charge < -0.3 is 9.80 Å². The van der Waals surface area contributed by atoms with Gasteiger partial charge in [0.2, 0.25) is 5.91 Å². The summed E-state index contributed by atoms with van der Waals surface area (Å²) >= 11 is 0. The molecule has 0 radical (unpaired) electrons. The van der Waals surface area contributed by atoms with Crippen LogP contribution in [0.5, 0.6) is 0 Å². The summed E-state index contributed by atoms with van der Waals surface area (Å²) in [5.74, 6) is 2.00. The van der Waals surface area contributed by atoms with Crippen LogP contribution in [0.15, 0.2) is 18.7 Å². The molecule has 0 atom stereocenters. The van der Waals surface area contributed by atoms with Gasteiger partial charge in [0.15, 0.2) is 0 Å². The quantitative estimate of drug-likeness (QED) is 0.832. The van der Waals surface area contributed by atoms with Gasteiger partial charge in [-0.15, -0.1) is 0 Å². The van der Waals surface area contributed by atoms with Crippen molar-refractivity contribution >= 4 is 11.7 Å². The van der Waals surface area contributed by atoms with Crippen LogP contribution in [0.25, 0.3) is 5.82 Å². The molecule has 2 aromatic rings. The van der Waals surface area contributed by atoms with E-state index in [4.69, 9.17) is 0 Å². The zero-order chi connectivity index (χ0) is 17.8. The SMILES string of the molecule is CCCCC(=O)N1CCN(c2cc(-n3cnc(C)c3C)ncn2)CC1. The van der Waals surface area contributed by atoms with E-state index in [1.807, 2.05) is 29.4 Å². The predicted octanol–water partition coefficient (Wildman–Crippen LogP) is 2.12. The molecule has 2 aromatic heterocycles. The fourth-order valence-corrected chi connectivity index (χ4v) is 3.04. The monoisotopic (exact) mass is 342 g/mol. The maximum Gasteiger partial charge on any atom is 0.222 e. The molecule has 3 heterocycles. The highest BCUT2D eigenvalue weighted by molar-refractivity contribution is 5.76. The van der Waals surface area contributed by atoms with E-state index < -0.39 is 0 Å². The van der Waals surface area contributed by atoms with Gasteiger partial charge in [-0.05, 0) is 20.3 Å². The van der Waals surface area contributed by atoms with Crippen LogP contribution < -0.4 is 4.90 Å². The van der Waals surface area contributed by atoms with Crippen molar-refractivity contribution in [3.63, 3.8) is 0 Å². The van der Waals surface area contributed by atoms with E-state index in [2.05, 4.69) is 26.8 Å². The highest BCUT2D eigenvalue weighted by Gasteiger charge is 2.22. The molecule has 0 N–H and O–H groups in total. The summed E-state index contributed by atoms with van der Waals surface area (Å²) in [6.07, 6.45) is 6.08. The number of rotatable bonds is 5. The molecule has 1 fully saturated rings. The third kappa shape index (κ3) is 3.81. The number of piperazine rings is 1. The largest absolute Gasteiger partial charge is 0.353 e. The van der Waals surface area contributed by atoms with Crippen molar-refractivity contribution in [2.24, 2.45) is 0 Å². The van der Waals surface area contributed by atoms with Gasteiger partial charge in [0.1, 0.15) is 24.3 Å². The Morgan fingerprint density at radius 3 is 2.44 bits per heavy atom. The molecule has 1 saturated heterocycles. The summed E-state index contributed by atoms with van der Waals surface area (Å²) in [6.45, 7) is 9.25. The summed E-state index contributed by atoms with van der Waals surface area (Å²) in [5, 5.41) is 0. The molecule has 0 spiro atoms. The maximum absolute atomic E-state index is 12.2. The van der Waals surface area contributed by atoms with Crippen LogP contribution in [0, 0.1) is 13.8 Å². The third-order valence-electron chi connectivity index (χ3n) is 4.84. The van der Waals surface area contributed by atoms with Gasteiger partial charge >= 0.3 is 0 Å². The molecule has 0 bridgehead atoms. The van der Waals surface area contributed by atoms with E-state index in [0.717, 1.165) is 62.0 Å². The average molecular weight is 342 g/mol. The summed E-state index contributed by atoms with van der Waals surface area (Å²) in [5.41, 5.74) is 2.08. The maximum atomic E-state index is 12.2. The Labute approximate surface area is 148 Å². The van der Waals surface area contributed by atoms with Gasteiger partial charge in [0, 0.05) is 44.4 Å². The van der Waals surface area contributed by atoms with Crippen LogP contribution in [-0.4, -0.2) is 56.5 Å². The minimum absolute atomic E-state index is 0.273. The van der Waals surface area contributed by atoms with E-state index in [9.17, 15) is 4.79 Å². The first-order chi connectivity index (χ1) is 12.1. The lowest BCUT2D eigenvalue weighted by Gasteiger charge is -2.35. The lowest BCUT2D eigenvalue weighted by atomic mass is 10.2. The second-order valence-corrected chi connectivity index (χ2v) is 6.49. The van der Waals surface area contributed by atoms with Crippen LogP contribution in [0.3, 0.4) is 0 Å². The summed E-state index contributed by atoms with van der Waals surface area (Å²) in [7, 11) is 0. The van der Waals surface area contributed by atoms with E-state index >= 15 is 0 Å². The van der Waals surface area contributed by atoms with Crippen molar-refractivity contribution < 1.29 is 4.79 Å². The smallest absolute Gasteiger partial charge is 0.222 e. The Balaban J connectivity index is 1.67. The number of anilines is 1. The fourth-order valence-electron chi connectivity index (χ4n) is 3.04. The molecule has 0 unspecified atom stereocenters. The number of hydrogen-bond donors (Lipinski definition) is 0. The topological polar surface area (TPSA) is 67.2 Å². The van der Waals surface area contributed by atoms with Crippen molar-refractivity contribution in [2.75, 3.05) is 31.1 Å². The number of aromatic nitrogens is 4. The second-order valence-electron chi connectivity index (χ2n) is 6.49. The lowest BCUT2D eigenvalue weighted by Crippen LogP contribution is -2.49. The number of aryl methyl sites for hydroxylation is 1. The van der Waals surface area contributed by atoms with Crippen LogP contribution in [0.2, 0.25) is 0 Å². The van der Waals surface area contributed by atoms with E-state index in [-0.39, 0.29) is 5.91 Å². The average Bonchev–Trinajstić information content (AvgIpc) is 2.99. The normalized spacial score (nSPS) is 14.8. The van der Waals surface area contributed by atoms with Crippen LogP contribution in [0.1, 0.15) is 37.6 Å². The van der Waals surface area contributed by atoms with Crippen molar-refractivity contribution in [3.8, 4) is 5.82 Å². The fraction of sp³-hybridized carbons (Fsp3) is 0.556. The minimum Gasteiger partial charge on any atom is -0.353 e. The predicted molar refractivity (Wildman–Crippen MR) is 96.9 cm³/mol. The number of amides is 1. The van der Waals surface area contributed by atoms with Crippen LogP contribution >= 0.6 is 0 Å². The number of carbonyl (C=O) groups excluding carboxylic acids is 1. The van der Waals surface area contributed by atoms with Gasteiger partial charge in [-0.2, -0.15) is 0 Å². The van der Waals surface area contributed by atoms with E-state index in [1.54, 1.807) is 12.7 Å². The van der Waals surface area contributed by atoms with E-state index in [1.165, 1.54) is 0 Å². The molecular formula is C18H26N6O. The van der Waals surface area contributed by atoms with Crippen molar-refractivity contribution in [1.29, 1.82) is 0 Å². The Morgan fingerprint density at radius 1 is 1.08 bits per heavy atom. The molecule has 7 heteroatoms. The van der Waals surface area contributed by atoms with Crippen molar-refractivity contribution in [1.82, 2.24) is 24.4 Å². The third-order valence-corrected chi connectivity index (χ3v) is 4.84. The van der Waals surface area contributed by atoms with Gasteiger partial charge in [-0.1, -0.05) is 13.3 Å². The van der Waals surface area contributed by atoms with Gasteiger partial charge in [0.25, 0.3) is 0 Å². The van der Waals surface area contributed by atoms with Gasteiger partial charge in [-0.25, -0.2) is 15.0 Å². The highest BCUT2D eigenvalue weighted by Crippen LogP contribution is 2.18. The Morgan fingerprint density at radius 2 is 1.80 bits per heavy atom. The Bertz CT molecular complexity index is 733. The highest BCUT2D eigenvalue weighted by atomic mass is 16.2. The first kappa shape index (κ1) is 17.4. The number of unbranched alkanes of at least 4 members (excludes halogenated alkanes) is 1. The molecule has 25 heavy (non-hydrogen) atoms. The molecular weight excluding hydrogens is 316 g/mol. The van der Waals surface area contributed by atoms with Crippen molar-refractivity contribution in [2.45, 2.75) is 40.0 Å². The number of hydrogen-bond acceptors (Lipinski definition) is 5. The van der Waals surface area contributed by atoms with Crippen molar-refractivity contribution in [3.05, 3.63) is 30.1 Å². The number of carbonyl (C=O) groups is 1. The summed E-state index contributed by atoms with van der Waals surface area (Å²) in [4.78, 5) is 29.5. The molecule has 1 aliphatic rings. The molecule has 3 rings (SSSR count). The molecule has 0 aromatic carbocycles. The Kier molecular flexibility index (Phi) is 5.31. The van der Waals surface area contributed by atoms with E-state index in [0.29, 0.717) is 6.42 Å². The molecule has 1 amide bonds. The molecule has 0 aliphatic carbocycles. The first-order valence-corrected chi connectivity index (χ1v) is 8.96. The van der Waals surface area contributed by atoms with Crippen LogP contribution in [0.4, 0.5) is 5.82 Å². The second kappa shape index (κ2) is 7.63. The zero-order valence-electron chi connectivity index (χ0n) is 15.3. The molecule has 134 valence electrons.